The Morgan fingerprint density at radius 2 is 1.22 bits per heavy atom. The Bertz CT molecular complexity index is 242. The molecule has 0 atom stereocenters. The summed E-state index contributed by atoms with van der Waals surface area (Å²) in [7, 11) is 0. The molecule has 0 unspecified atom stereocenters. The Hall–Kier alpha value is -0.0800. The van der Waals surface area contributed by atoms with Crippen molar-refractivity contribution in [1.29, 1.82) is 0 Å². The molecule has 0 heterocycles. The second kappa shape index (κ2) is 5.50. The summed E-state index contributed by atoms with van der Waals surface area (Å²) in [5.74, 6) is 0. The Morgan fingerprint density at radius 1 is 0.778 bits per heavy atom. The predicted octanol–water partition coefficient (Wildman–Crippen LogP) is 3.45. The van der Waals surface area contributed by atoms with E-state index < -0.39 is 0 Å². The molecule has 0 amide bonds. The smallest absolute Gasteiger partial charge is 0.0285 e. The molecule has 0 spiro atoms. The van der Waals surface area contributed by atoms with Crippen molar-refractivity contribution in [2.45, 2.75) is 94.7 Å². The quantitative estimate of drug-likeness (QED) is 0.828. The minimum Gasteiger partial charge on any atom is -0.324 e. The van der Waals surface area contributed by atoms with Gasteiger partial charge in [0.1, 0.15) is 0 Å². The number of rotatable bonds is 4. The highest BCUT2D eigenvalue weighted by Crippen LogP contribution is 2.37. The van der Waals surface area contributed by atoms with Gasteiger partial charge < -0.3 is 5.73 Å². The lowest BCUT2D eigenvalue weighted by Gasteiger charge is -2.43. The minimum atomic E-state index is 0.203. The zero-order valence-electron chi connectivity index (χ0n) is 11.9. The molecule has 2 N–H and O–H groups in total. The van der Waals surface area contributed by atoms with Gasteiger partial charge in [0.15, 0.2) is 0 Å². The van der Waals surface area contributed by atoms with Crippen LogP contribution in [-0.4, -0.2) is 29.1 Å². The number of hydrogen-bond acceptors (Lipinski definition) is 2. The Morgan fingerprint density at radius 3 is 1.61 bits per heavy atom. The summed E-state index contributed by atoms with van der Waals surface area (Å²) < 4.78 is 0. The van der Waals surface area contributed by atoms with E-state index in [0.29, 0.717) is 0 Å². The average Bonchev–Trinajstić information content (AvgIpc) is 3.16. The molecule has 3 rings (SSSR count). The van der Waals surface area contributed by atoms with Gasteiger partial charge in [-0.3, -0.25) is 4.90 Å². The molecule has 0 aromatic carbocycles. The predicted molar refractivity (Wildman–Crippen MR) is 76.6 cm³/mol. The van der Waals surface area contributed by atoms with E-state index in [1.165, 1.54) is 83.6 Å². The minimum absolute atomic E-state index is 0.203. The van der Waals surface area contributed by atoms with Crippen LogP contribution in [0.15, 0.2) is 0 Å². The van der Waals surface area contributed by atoms with Crippen LogP contribution in [0.25, 0.3) is 0 Å². The monoisotopic (exact) mass is 250 g/mol. The molecule has 3 aliphatic rings. The molecule has 0 aromatic heterocycles. The molecule has 18 heavy (non-hydrogen) atoms. The summed E-state index contributed by atoms with van der Waals surface area (Å²) in [6.07, 6.45) is 17.0. The number of hydrogen-bond donors (Lipinski definition) is 1. The van der Waals surface area contributed by atoms with E-state index in [1.54, 1.807) is 0 Å². The molecular formula is C16H30N2. The second-order valence-electron chi connectivity index (χ2n) is 7.12. The summed E-state index contributed by atoms with van der Waals surface area (Å²) >= 11 is 0. The van der Waals surface area contributed by atoms with E-state index in [9.17, 15) is 0 Å². The fourth-order valence-electron chi connectivity index (χ4n) is 4.06. The maximum absolute atomic E-state index is 6.42. The molecule has 0 bridgehead atoms. The summed E-state index contributed by atoms with van der Waals surface area (Å²) in [5, 5.41) is 0. The largest absolute Gasteiger partial charge is 0.324 e. The van der Waals surface area contributed by atoms with Crippen LogP contribution in [0.2, 0.25) is 0 Å². The normalized spacial score (nSPS) is 29.7. The van der Waals surface area contributed by atoms with Gasteiger partial charge in [0, 0.05) is 24.2 Å². The first kappa shape index (κ1) is 12.9. The van der Waals surface area contributed by atoms with Crippen molar-refractivity contribution in [3.63, 3.8) is 0 Å². The third-order valence-electron chi connectivity index (χ3n) is 5.48. The first-order chi connectivity index (χ1) is 8.77. The third kappa shape index (κ3) is 3.08. The van der Waals surface area contributed by atoms with Gasteiger partial charge in [0.2, 0.25) is 0 Å². The van der Waals surface area contributed by atoms with Crippen LogP contribution in [0.4, 0.5) is 0 Å². The van der Waals surface area contributed by atoms with Gasteiger partial charge in [-0.2, -0.15) is 0 Å². The van der Waals surface area contributed by atoms with Crippen molar-refractivity contribution in [3.8, 4) is 0 Å². The summed E-state index contributed by atoms with van der Waals surface area (Å²) in [5.41, 5.74) is 6.62. The van der Waals surface area contributed by atoms with Gasteiger partial charge in [-0.25, -0.2) is 0 Å². The van der Waals surface area contributed by atoms with E-state index in [-0.39, 0.29) is 5.54 Å². The van der Waals surface area contributed by atoms with Crippen LogP contribution in [-0.2, 0) is 0 Å². The van der Waals surface area contributed by atoms with E-state index in [1.807, 2.05) is 0 Å². The van der Waals surface area contributed by atoms with Crippen molar-refractivity contribution in [2.24, 2.45) is 5.73 Å². The lowest BCUT2D eigenvalue weighted by atomic mass is 9.88. The topological polar surface area (TPSA) is 29.3 Å². The van der Waals surface area contributed by atoms with Crippen molar-refractivity contribution in [3.05, 3.63) is 0 Å². The Kier molecular flexibility index (Phi) is 3.95. The number of nitrogens with two attached hydrogens (primary N) is 1. The molecule has 2 heteroatoms. The van der Waals surface area contributed by atoms with Crippen molar-refractivity contribution < 1.29 is 0 Å². The Balaban J connectivity index is 1.65. The van der Waals surface area contributed by atoms with Gasteiger partial charge in [-0.05, 0) is 38.5 Å². The molecule has 2 nitrogen and oxygen atoms in total. The fourth-order valence-corrected chi connectivity index (χ4v) is 4.06. The van der Waals surface area contributed by atoms with Crippen LogP contribution >= 0.6 is 0 Å². The van der Waals surface area contributed by atoms with Gasteiger partial charge in [-0.15, -0.1) is 0 Å². The summed E-state index contributed by atoms with van der Waals surface area (Å²) in [6, 6.07) is 1.73. The van der Waals surface area contributed by atoms with Crippen molar-refractivity contribution >= 4 is 0 Å². The zero-order chi connectivity index (χ0) is 12.4. The van der Waals surface area contributed by atoms with E-state index in [4.69, 9.17) is 5.73 Å². The highest BCUT2D eigenvalue weighted by molar-refractivity contribution is 5.03. The Labute approximate surface area is 112 Å². The SMILES string of the molecule is NC1(CN(C2CCCCC2)C2CCCCC2)CC1. The molecule has 0 aliphatic heterocycles. The van der Waals surface area contributed by atoms with Crippen LogP contribution in [0.5, 0.6) is 0 Å². The maximum atomic E-state index is 6.42. The molecular weight excluding hydrogens is 220 g/mol. The van der Waals surface area contributed by atoms with Crippen LogP contribution in [0.1, 0.15) is 77.0 Å². The van der Waals surface area contributed by atoms with Crippen LogP contribution in [0, 0.1) is 0 Å². The average molecular weight is 250 g/mol. The molecule has 3 saturated carbocycles. The lowest BCUT2D eigenvalue weighted by Crippen LogP contribution is -2.51. The summed E-state index contributed by atoms with van der Waals surface area (Å²) in [6.45, 7) is 1.20. The first-order valence-corrected chi connectivity index (χ1v) is 8.31. The highest BCUT2D eigenvalue weighted by Gasteiger charge is 2.42. The van der Waals surface area contributed by atoms with Gasteiger partial charge >= 0.3 is 0 Å². The third-order valence-corrected chi connectivity index (χ3v) is 5.48. The van der Waals surface area contributed by atoms with Gasteiger partial charge in [0.25, 0.3) is 0 Å². The first-order valence-electron chi connectivity index (χ1n) is 8.31. The van der Waals surface area contributed by atoms with E-state index in [2.05, 4.69) is 4.90 Å². The fraction of sp³-hybridized carbons (Fsp3) is 1.00. The van der Waals surface area contributed by atoms with Crippen LogP contribution < -0.4 is 5.73 Å². The molecule has 0 saturated heterocycles. The van der Waals surface area contributed by atoms with Gasteiger partial charge in [0.05, 0.1) is 0 Å². The molecule has 104 valence electrons. The highest BCUT2D eigenvalue weighted by atomic mass is 15.2. The molecule has 3 aliphatic carbocycles. The number of nitrogens with zero attached hydrogens (tertiary/aromatic N) is 1. The maximum Gasteiger partial charge on any atom is 0.0285 e. The zero-order valence-corrected chi connectivity index (χ0v) is 11.9. The van der Waals surface area contributed by atoms with Crippen LogP contribution in [0.3, 0.4) is 0 Å². The van der Waals surface area contributed by atoms with Crippen molar-refractivity contribution in [2.75, 3.05) is 6.54 Å². The van der Waals surface area contributed by atoms with Crippen molar-refractivity contribution in [1.82, 2.24) is 4.90 Å². The molecule has 3 fully saturated rings. The standard InChI is InChI=1S/C16H30N2/c17-16(11-12-16)13-18(14-7-3-1-4-8-14)15-9-5-2-6-10-15/h14-15H,1-13,17H2. The molecule has 0 radical (unpaired) electrons. The lowest BCUT2D eigenvalue weighted by molar-refractivity contribution is 0.0716. The molecule has 0 aromatic rings. The summed E-state index contributed by atoms with van der Waals surface area (Å²) in [4.78, 5) is 2.87. The van der Waals surface area contributed by atoms with E-state index >= 15 is 0 Å². The van der Waals surface area contributed by atoms with E-state index in [0.717, 1.165) is 12.1 Å². The second-order valence-corrected chi connectivity index (χ2v) is 7.12. The van der Waals surface area contributed by atoms with Gasteiger partial charge in [-0.1, -0.05) is 38.5 Å².